The number of carboxylic acid groups (broad SMARTS) is 1. The van der Waals surface area contributed by atoms with E-state index < -0.39 is 5.97 Å². The lowest BCUT2D eigenvalue weighted by molar-refractivity contribution is 0.0696. The zero-order valence-electron chi connectivity index (χ0n) is 9.16. The fourth-order valence-corrected chi connectivity index (χ4v) is 2.09. The number of hydrogen-bond acceptors (Lipinski definition) is 1. The maximum Gasteiger partial charge on any atom is 0.335 e. The van der Waals surface area contributed by atoms with Gasteiger partial charge < -0.3 is 5.11 Å². The molecule has 80 valence electrons. The Hall–Kier alpha value is -1.31. The Morgan fingerprint density at radius 1 is 1.40 bits per heavy atom. The first kappa shape index (κ1) is 10.2. The third-order valence-corrected chi connectivity index (χ3v) is 3.45. The molecule has 0 aliphatic heterocycles. The molecule has 0 heterocycles. The number of rotatable bonds is 3. The van der Waals surface area contributed by atoms with E-state index in [4.69, 9.17) is 5.11 Å². The zero-order chi connectivity index (χ0) is 11.1. The molecule has 0 amide bonds. The Labute approximate surface area is 89.9 Å². The largest absolute Gasteiger partial charge is 0.478 e. The predicted molar refractivity (Wildman–Crippen MR) is 59.2 cm³/mol. The third kappa shape index (κ3) is 1.89. The summed E-state index contributed by atoms with van der Waals surface area (Å²) in [6, 6.07) is 7.32. The van der Waals surface area contributed by atoms with Crippen molar-refractivity contribution in [1.29, 1.82) is 0 Å². The molecule has 1 fully saturated rings. The molecule has 0 atom stereocenters. The van der Waals surface area contributed by atoms with Gasteiger partial charge in [-0.25, -0.2) is 4.79 Å². The van der Waals surface area contributed by atoms with Crippen molar-refractivity contribution in [2.75, 3.05) is 0 Å². The van der Waals surface area contributed by atoms with Crippen LogP contribution >= 0.6 is 0 Å². The van der Waals surface area contributed by atoms with Gasteiger partial charge in [-0.15, -0.1) is 0 Å². The van der Waals surface area contributed by atoms with E-state index in [1.54, 1.807) is 12.1 Å². The predicted octanol–water partition coefficient (Wildman–Crippen LogP) is 3.07. The minimum absolute atomic E-state index is 0.117. The molecule has 2 rings (SSSR count). The van der Waals surface area contributed by atoms with Gasteiger partial charge in [-0.1, -0.05) is 26.0 Å². The second-order valence-corrected chi connectivity index (χ2v) is 4.88. The lowest BCUT2D eigenvalue weighted by atomic mass is 9.79. The third-order valence-electron chi connectivity index (χ3n) is 3.45. The molecule has 0 bridgehead atoms. The van der Waals surface area contributed by atoms with Crippen LogP contribution in [-0.2, 0) is 5.41 Å². The molecule has 1 saturated carbocycles. The van der Waals surface area contributed by atoms with Crippen LogP contribution in [0.2, 0.25) is 0 Å². The molecule has 1 aromatic rings. The maximum absolute atomic E-state index is 10.9. The van der Waals surface area contributed by atoms with Crippen LogP contribution in [0.25, 0.3) is 0 Å². The highest BCUT2D eigenvalue weighted by atomic mass is 16.4. The fourth-order valence-electron chi connectivity index (χ4n) is 2.09. The highest BCUT2D eigenvalue weighted by molar-refractivity contribution is 5.87. The van der Waals surface area contributed by atoms with E-state index in [0.717, 1.165) is 11.5 Å². The van der Waals surface area contributed by atoms with Gasteiger partial charge in [0.1, 0.15) is 0 Å². The quantitative estimate of drug-likeness (QED) is 0.821. The van der Waals surface area contributed by atoms with Crippen molar-refractivity contribution in [3.63, 3.8) is 0 Å². The molecule has 15 heavy (non-hydrogen) atoms. The Morgan fingerprint density at radius 2 is 2.07 bits per heavy atom. The number of carbonyl (C=O) groups is 1. The SMILES string of the molecule is CC(C)(c1cccc(C(=O)O)c1)C1CC1. The summed E-state index contributed by atoms with van der Waals surface area (Å²) < 4.78 is 0. The van der Waals surface area contributed by atoms with Crippen LogP contribution in [0, 0.1) is 5.92 Å². The maximum atomic E-state index is 10.9. The summed E-state index contributed by atoms with van der Waals surface area (Å²) >= 11 is 0. The smallest absolute Gasteiger partial charge is 0.335 e. The van der Waals surface area contributed by atoms with E-state index in [1.165, 1.54) is 12.8 Å². The molecular weight excluding hydrogens is 188 g/mol. The van der Waals surface area contributed by atoms with Crippen molar-refractivity contribution < 1.29 is 9.90 Å². The standard InChI is InChI=1S/C13H16O2/c1-13(2,10-6-7-10)11-5-3-4-9(8-11)12(14)15/h3-5,8,10H,6-7H2,1-2H3,(H,14,15). The molecule has 1 aromatic carbocycles. The summed E-state index contributed by atoms with van der Waals surface area (Å²) in [7, 11) is 0. The van der Waals surface area contributed by atoms with Gasteiger partial charge in [0.2, 0.25) is 0 Å². The van der Waals surface area contributed by atoms with Gasteiger partial charge in [-0.3, -0.25) is 0 Å². The second kappa shape index (κ2) is 3.37. The number of benzene rings is 1. The summed E-state index contributed by atoms with van der Waals surface area (Å²) in [6.07, 6.45) is 2.54. The van der Waals surface area contributed by atoms with Crippen molar-refractivity contribution in [3.8, 4) is 0 Å². The topological polar surface area (TPSA) is 37.3 Å². The van der Waals surface area contributed by atoms with Crippen molar-refractivity contribution in [2.24, 2.45) is 5.92 Å². The Morgan fingerprint density at radius 3 is 2.60 bits per heavy atom. The first-order valence-electron chi connectivity index (χ1n) is 5.35. The summed E-state index contributed by atoms with van der Waals surface area (Å²) in [4.78, 5) is 10.9. The first-order valence-corrected chi connectivity index (χ1v) is 5.35. The van der Waals surface area contributed by atoms with Crippen LogP contribution in [-0.4, -0.2) is 11.1 Å². The molecule has 1 aliphatic carbocycles. The van der Waals surface area contributed by atoms with Crippen molar-refractivity contribution in [1.82, 2.24) is 0 Å². The van der Waals surface area contributed by atoms with E-state index >= 15 is 0 Å². The summed E-state index contributed by atoms with van der Waals surface area (Å²) in [5, 5.41) is 8.93. The van der Waals surface area contributed by atoms with Gasteiger partial charge in [-0.2, -0.15) is 0 Å². The van der Waals surface area contributed by atoms with E-state index in [9.17, 15) is 4.79 Å². The minimum Gasteiger partial charge on any atom is -0.478 e. The Balaban J connectivity index is 2.35. The van der Waals surface area contributed by atoms with Crippen molar-refractivity contribution >= 4 is 5.97 Å². The summed E-state index contributed by atoms with van der Waals surface area (Å²) in [6.45, 7) is 4.40. The van der Waals surface area contributed by atoms with Gasteiger partial charge in [0.25, 0.3) is 0 Å². The molecule has 0 aromatic heterocycles. The molecule has 2 nitrogen and oxygen atoms in total. The van der Waals surface area contributed by atoms with Gasteiger partial charge in [0.05, 0.1) is 5.56 Å². The van der Waals surface area contributed by atoms with Crippen molar-refractivity contribution in [3.05, 3.63) is 35.4 Å². The number of carboxylic acids is 1. The molecule has 0 unspecified atom stereocenters. The molecule has 1 aliphatic rings. The van der Waals surface area contributed by atoms with Gasteiger partial charge in [0, 0.05) is 0 Å². The zero-order valence-corrected chi connectivity index (χ0v) is 9.16. The van der Waals surface area contributed by atoms with Crippen LogP contribution in [0.1, 0.15) is 42.6 Å². The molecule has 0 saturated heterocycles. The van der Waals surface area contributed by atoms with Gasteiger partial charge >= 0.3 is 5.97 Å². The normalized spacial score (nSPS) is 16.4. The van der Waals surface area contributed by atoms with E-state index in [0.29, 0.717) is 5.56 Å². The summed E-state index contributed by atoms with van der Waals surface area (Å²) in [5.74, 6) is -0.120. The number of hydrogen-bond donors (Lipinski definition) is 1. The van der Waals surface area contributed by atoms with E-state index in [2.05, 4.69) is 13.8 Å². The first-order chi connectivity index (χ1) is 7.01. The highest BCUT2D eigenvalue weighted by Gasteiger charge is 2.38. The molecule has 1 N–H and O–H groups in total. The lowest BCUT2D eigenvalue weighted by Gasteiger charge is -2.25. The Kier molecular flexibility index (Phi) is 2.29. The van der Waals surface area contributed by atoms with Crippen LogP contribution in [0.15, 0.2) is 24.3 Å². The van der Waals surface area contributed by atoms with Gasteiger partial charge in [0.15, 0.2) is 0 Å². The van der Waals surface area contributed by atoms with Gasteiger partial charge in [-0.05, 0) is 41.9 Å². The number of aromatic carboxylic acids is 1. The summed E-state index contributed by atoms with van der Waals surface area (Å²) in [5.41, 5.74) is 1.65. The average molecular weight is 204 g/mol. The van der Waals surface area contributed by atoms with Crippen LogP contribution in [0.3, 0.4) is 0 Å². The van der Waals surface area contributed by atoms with E-state index in [1.807, 2.05) is 12.1 Å². The van der Waals surface area contributed by atoms with E-state index in [-0.39, 0.29) is 5.41 Å². The van der Waals surface area contributed by atoms with Crippen LogP contribution < -0.4 is 0 Å². The van der Waals surface area contributed by atoms with Crippen LogP contribution in [0.5, 0.6) is 0 Å². The lowest BCUT2D eigenvalue weighted by Crippen LogP contribution is -2.20. The monoisotopic (exact) mass is 204 g/mol. The molecular formula is C13H16O2. The highest BCUT2D eigenvalue weighted by Crippen LogP contribution is 2.46. The minimum atomic E-state index is -0.844. The second-order valence-electron chi connectivity index (χ2n) is 4.88. The molecule has 0 radical (unpaired) electrons. The fraction of sp³-hybridized carbons (Fsp3) is 0.462. The average Bonchev–Trinajstić information content (AvgIpc) is 3.01. The Bertz CT molecular complexity index is 389. The molecule has 2 heteroatoms. The molecule has 0 spiro atoms. The van der Waals surface area contributed by atoms with Crippen molar-refractivity contribution in [2.45, 2.75) is 32.1 Å². The van der Waals surface area contributed by atoms with Crippen LogP contribution in [0.4, 0.5) is 0 Å².